The number of carbonyl (C=O) groups is 2. The molecule has 0 unspecified atom stereocenters. The van der Waals surface area contributed by atoms with Crippen molar-refractivity contribution in [3.63, 3.8) is 0 Å². The van der Waals surface area contributed by atoms with Gasteiger partial charge in [0.25, 0.3) is 5.91 Å². The molecule has 0 bridgehead atoms. The van der Waals surface area contributed by atoms with Gasteiger partial charge in [0.15, 0.2) is 6.10 Å². The molecule has 1 N–H and O–H groups in total. The summed E-state index contributed by atoms with van der Waals surface area (Å²) in [6.07, 6.45) is 2.00. The second-order valence-corrected chi connectivity index (χ2v) is 6.98. The maximum absolute atomic E-state index is 12.2. The van der Waals surface area contributed by atoms with Gasteiger partial charge in [0.2, 0.25) is 0 Å². The zero-order chi connectivity index (χ0) is 20.7. The second kappa shape index (κ2) is 9.95. The predicted octanol–water partition coefficient (Wildman–Crippen LogP) is 5.06. The molecule has 148 valence electrons. The summed E-state index contributed by atoms with van der Waals surface area (Å²) in [4.78, 5) is 24.2. The molecule has 0 radical (unpaired) electrons. The molecule has 0 aromatic heterocycles. The average molecular weight is 402 g/mol. The molecule has 0 aliphatic carbocycles. The van der Waals surface area contributed by atoms with Gasteiger partial charge in [-0.05, 0) is 48.2 Å². The molecule has 0 fully saturated rings. The van der Waals surface area contributed by atoms with Crippen molar-refractivity contribution in [3.8, 4) is 5.75 Å². The number of benzene rings is 2. The molecule has 0 spiro atoms. The van der Waals surface area contributed by atoms with Crippen molar-refractivity contribution in [1.82, 2.24) is 0 Å². The van der Waals surface area contributed by atoms with Crippen molar-refractivity contribution in [2.45, 2.75) is 32.8 Å². The van der Waals surface area contributed by atoms with Crippen LogP contribution >= 0.6 is 11.6 Å². The predicted molar refractivity (Wildman–Crippen MR) is 112 cm³/mol. The molecule has 0 saturated heterocycles. The fraction of sp³-hybridized carbons (Fsp3) is 0.273. The summed E-state index contributed by atoms with van der Waals surface area (Å²) in [5.41, 5.74) is 2.59. The van der Waals surface area contributed by atoms with E-state index in [1.54, 1.807) is 24.3 Å². The average Bonchev–Trinajstić information content (AvgIpc) is 2.66. The van der Waals surface area contributed by atoms with E-state index in [1.807, 2.05) is 24.3 Å². The van der Waals surface area contributed by atoms with Gasteiger partial charge in [-0.15, -0.1) is 0 Å². The van der Waals surface area contributed by atoms with E-state index >= 15 is 0 Å². The van der Waals surface area contributed by atoms with E-state index in [4.69, 9.17) is 21.1 Å². The maximum Gasteiger partial charge on any atom is 0.331 e. The zero-order valence-electron chi connectivity index (χ0n) is 16.4. The highest BCUT2D eigenvalue weighted by Gasteiger charge is 2.17. The molecular weight excluding hydrogens is 378 g/mol. The number of ether oxygens (including phenoxy) is 2. The van der Waals surface area contributed by atoms with Crippen LogP contribution in [0.2, 0.25) is 5.02 Å². The Kier molecular flexibility index (Phi) is 7.64. The first kappa shape index (κ1) is 21.5. The van der Waals surface area contributed by atoms with E-state index in [1.165, 1.54) is 25.7 Å². The lowest BCUT2D eigenvalue weighted by Gasteiger charge is -2.13. The first-order valence-corrected chi connectivity index (χ1v) is 9.31. The lowest BCUT2D eigenvalue weighted by Crippen LogP contribution is -2.29. The van der Waals surface area contributed by atoms with Crippen LogP contribution in [0.25, 0.3) is 6.08 Å². The quantitative estimate of drug-likeness (QED) is 0.520. The van der Waals surface area contributed by atoms with Crippen molar-refractivity contribution >= 4 is 35.2 Å². The molecule has 0 heterocycles. The third-order valence-corrected chi connectivity index (χ3v) is 4.39. The molecule has 2 aromatic carbocycles. The number of hydrogen-bond donors (Lipinski definition) is 1. The fourth-order valence-electron chi connectivity index (χ4n) is 2.41. The van der Waals surface area contributed by atoms with Crippen LogP contribution in [-0.4, -0.2) is 25.1 Å². The summed E-state index contributed by atoms with van der Waals surface area (Å²) in [5.74, 6) is -0.0961. The molecule has 1 amide bonds. The van der Waals surface area contributed by atoms with E-state index in [0.717, 1.165) is 5.56 Å². The first-order valence-electron chi connectivity index (χ1n) is 8.93. The van der Waals surface area contributed by atoms with Crippen molar-refractivity contribution in [2.24, 2.45) is 0 Å². The van der Waals surface area contributed by atoms with Gasteiger partial charge in [0, 0.05) is 11.8 Å². The summed E-state index contributed by atoms with van der Waals surface area (Å²) in [6, 6.07) is 12.8. The number of rotatable bonds is 7. The van der Waals surface area contributed by atoms with Crippen molar-refractivity contribution in [2.75, 3.05) is 12.4 Å². The van der Waals surface area contributed by atoms with Gasteiger partial charge in [-0.3, -0.25) is 4.79 Å². The number of amides is 1. The Hall–Kier alpha value is -2.79. The minimum atomic E-state index is -0.957. The minimum absolute atomic E-state index is 0.372. The fourth-order valence-corrected chi connectivity index (χ4v) is 2.67. The smallest absolute Gasteiger partial charge is 0.331 e. The van der Waals surface area contributed by atoms with Gasteiger partial charge in [-0.25, -0.2) is 4.79 Å². The Balaban J connectivity index is 1.90. The highest BCUT2D eigenvalue weighted by atomic mass is 35.5. The number of nitrogens with one attached hydrogen (secondary N) is 1. The van der Waals surface area contributed by atoms with Gasteiger partial charge in [-0.1, -0.05) is 49.7 Å². The lowest BCUT2D eigenvalue weighted by atomic mass is 10.0. The third kappa shape index (κ3) is 6.13. The van der Waals surface area contributed by atoms with Crippen LogP contribution in [0.3, 0.4) is 0 Å². The maximum atomic E-state index is 12.2. The van der Waals surface area contributed by atoms with Crippen LogP contribution in [0.4, 0.5) is 5.69 Å². The number of carbonyl (C=O) groups excluding carboxylic acids is 2. The Labute approximate surface area is 170 Å². The normalized spacial score (nSPS) is 12.1. The van der Waals surface area contributed by atoms with Gasteiger partial charge in [-0.2, -0.15) is 0 Å². The lowest BCUT2D eigenvalue weighted by molar-refractivity contribution is -0.148. The van der Waals surface area contributed by atoms with Crippen LogP contribution in [0.15, 0.2) is 48.5 Å². The Bertz CT molecular complexity index is 859. The summed E-state index contributed by atoms with van der Waals surface area (Å²) < 4.78 is 10.2. The molecule has 1 atom stereocenters. The monoisotopic (exact) mass is 401 g/mol. The number of hydrogen-bond acceptors (Lipinski definition) is 4. The van der Waals surface area contributed by atoms with Crippen molar-refractivity contribution in [3.05, 3.63) is 64.7 Å². The number of esters is 1. The molecule has 2 aromatic rings. The highest BCUT2D eigenvalue weighted by Crippen LogP contribution is 2.27. The number of anilines is 1. The summed E-state index contributed by atoms with van der Waals surface area (Å²) in [6.45, 7) is 5.74. The van der Waals surface area contributed by atoms with Crippen LogP contribution in [0.1, 0.15) is 37.8 Å². The largest absolute Gasteiger partial charge is 0.495 e. The SMILES string of the molecule is COc1ccc(NC(=O)[C@@H](C)OC(=O)/C=C/c2ccc(C(C)C)cc2)cc1Cl. The first-order chi connectivity index (χ1) is 13.3. The van der Waals surface area contributed by atoms with Crippen molar-refractivity contribution in [1.29, 1.82) is 0 Å². The topological polar surface area (TPSA) is 64.6 Å². The highest BCUT2D eigenvalue weighted by molar-refractivity contribution is 6.32. The second-order valence-electron chi connectivity index (χ2n) is 6.57. The molecule has 0 aliphatic heterocycles. The zero-order valence-corrected chi connectivity index (χ0v) is 17.1. The van der Waals surface area contributed by atoms with E-state index < -0.39 is 18.0 Å². The molecule has 5 nitrogen and oxygen atoms in total. The number of methoxy groups -OCH3 is 1. The van der Waals surface area contributed by atoms with Gasteiger partial charge in [0.1, 0.15) is 5.75 Å². The third-order valence-electron chi connectivity index (χ3n) is 4.10. The van der Waals surface area contributed by atoms with Gasteiger partial charge >= 0.3 is 5.97 Å². The van der Waals surface area contributed by atoms with E-state index in [-0.39, 0.29) is 0 Å². The molecule has 2 rings (SSSR count). The summed E-state index contributed by atoms with van der Waals surface area (Å²) in [7, 11) is 1.51. The molecule has 6 heteroatoms. The van der Waals surface area contributed by atoms with E-state index in [2.05, 4.69) is 19.2 Å². The van der Waals surface area contributed by atoms with Crippen LogP contribution in [0.5, 0.6) is 5.75 Å². The summed E-state index contributed by atoms with van der Waals surface area (Å²) in [5, 5.41) is 3.02. The van der Waals surface area contributed by atoms with Crippen molar-refractivity contribution < 1.29 is 19.1 Å². The van der Waals surface area contributed by atoms with Crippen LogP contribution in [0, 0.1) is 0 Å². The molecule has 28 heavy (non-hydrogen) atoms. The standard InChI is InChI=1S/C22H24ClNO4/c1-14(2)17-8-5-16(6-9-17)7-12-21(25)28-15(3)22(26)24-18-10-11-20(27-4)19(23)13-18/h5-15H,1-4H3,(H,24,26)/b12-7+/t15-/m1/s1. The van der Waals surface area contributed by atoms with E-state index in [0.29, 0.717) is 22.4 Å². The van der Waals surface area contributed by atoms with E-state index in [9.17, 15) is 9.59 Å². The minimum Gasteiger partial charge on any atom is -0.495 e. The van der Waals surface area contributed by atoms with Gasteiger partial charge in [0.05, 0.1) is 12.1 Å². The Morgan fingerprint density at radius 1 is 1.07 bits per heavy atom. The molecule has 0 aliphatic rings. The Morgan fingerprint density at radius 2 is 1.75 bits per heavy atom. The molecule has 0 saturated carbocycles. The van der Waals surface area contributed by atoms with Crippen LogP contribution < -0.4 is 10.1 Å². The van der Waals surface area contributed by atoms with Crippen LogP contribution in [-0.2, 0) is 14.3 Å². The van der Waals surface area contributed by atoms with Gasteiger partial charge < -0.3 is 14.8 Å². The number of halogens is 1. The summed E-state index contributed by atoms with van der Waals surface area (Å²) >= 11 is 6.03. The molecular formula is C22H24ClNO4. The Morgan fingerprint density at radius 3 is 2.32 bits per heavy atom.